The van der Waals surface area contributed by atoms with Crippen LogP contribution >= 0.6 is 0 Å². The molecule has 1 fully saturated rings. The lowest BCUT2D eigenvalue weighted by Gasteiger charge is -2.18. The Morgan fingerprint density at radius 3 is 2.59 bits per heavy atom. The summed E-state index contributed by atoms with van der Waals surface area (Å²) in [6.45, 7) is 8.41. The normalized spacial score (nSPS) is 16.4. The lowest BCUT2D eigenvalue weighted by atomic mass is 10.0. The van der Waals surface area contributed by atoms with Crippen molar-refractivity contribution >= 4 is 5.96 Å². The molecule has 1 aliphatic carbocycles. The van der Waals surface area contributed by atoms with E-state index < -0.39 is 0 Å². The maximum Gasteiger partial charge on any atom is 0.191 e. The fourth-order valence-corrected chi connectivity index (χ4v) is 2.49. The fourth-order valence-electron chi connectivity index (χ4n) is 2.49. The largest absolute Gasteiger partial charge is 0.382 e. The minimum absolute atomic E-state index is 0.429. The molecule has 1 aliphatic rings. The highest BCUT2D eigenvalue weighted by Gasteiger charge is 2.41. The third kappa shape index (κ3) is 5.68. The van der Waals surface area contributed by atoms with Gasteiger partial charge >= 0.3 is 0 Å². The Kier molecular flexibility index (Phi) is 6.72. The SMILES string of the molecule is CCNC(=NCc1ccccc1)NCC1(CCOCC)CC1. The number of aliphatic imine (C=N–C) groups is 1. The van der Waals surface area contributed by atoms with Crippen molar-refractivity contribution in [3.63, 3.8) is 0 Å². The second-order valence-corrected chi connectivity index (χ2v) is 5.98. The van der Waals surface area contributed by atoms with Crippen LogP contribution in [0.1, 0.15) is 38.7 Å². The van der Waals surface area contributed by atoms with E-state index in [2.05, 4.69) is 53.7 Å². The number of hydrogen-bond acceptors (Lipinski definition) is 2. The molecule has 0 atom stereocenters. The number of benzene rings is 1. The summed E-state index contributed by atoms with van der Waals surface area (Å²) in [7, 11) is 0. The maximum absolute atomic E-state index is 5.50. The lowest BCUT2D eigenvalue weighted by Crippen LogP contribution is -2.40. The van der Waals surface area contributed by atoms with Crippen molar-refractivity contribution in [1.29, 1.82) is 0 Å². The first-order valence-corrected chi connectivity index (χ1v) is 8.42. The van der Waals surface area contributed by atoms with Crippen LogP contribution < -0.4 is 10.6 Å². The van der Waals surface area contributed by atoms with Crippen molar-refractivity contribution in [3.8, 4) is 0 Å². The summed E-state index contributed by atoms with van der Waals surface area (Å²) >= 11 is 0. The topological polar surface area (TPSA) is 45.7 Å². The standard InChI is InChI=1S/C18H29N3O/c1-3-19-17(20-14-16-8-6-5-7-9-16)21-15-18(10-11-18)12-13-22-4-2/h5-9H,3-4,10-15H2,1-2H3,(H2,19,20,21). The Balaban J connectivity index is 1.81. The van der Waals surface area contributed by atoms with Gasteiger partial charge in [0.05, 0.1) is 6.54 Å². The van der Waals surface area contributed by atoms with Gasteiger partial charge in [0, 0.05) is 26.3 Å². The molecule has 0 amide bonds. The molecule has 4 heteroatoms. The Morgan fingerprint density at radius 1 is 1.18 bits per heavy atom. The van der Waals surface area contributed by atoms with Gasteiger partial charge in [-0.25, -0.2) is 4.99 Å². The Hall–Kier alpha value is -1.55. The highest BCUT2D eigenvalue weighted by Crippen LogP contribution is 2.48. The van der Waals surface area contributed by atoms with Gasteiger partial charge in [0.15, 0.2) is 5.96 Å². The summed E-state index contributed by atoms with van der Waals surface area (Å²) in [5.41, 5.74) is 1.66. The number of rotatable bonds is 9. The summed E-state index contributed by atoms with van der Waals surface area (Å²) in [5.74, 6) is 0.911. The molecule has 1 aromatic rings. The summed E-state index contributed by atoms with van der Waals surface area (Å²) in [5, 5.41) is 6.83. The van der Waals surface area contributed by atoms with E-state index >= 15 is 0 Å². The van der Waals surface area contributed by atoms with Crippen LogP contribution in [0.2, 0.25) is 0 Å². The maximum atomic E-state index is 5.50. The van der Waals surface area contributed by atoms with Gasteiger partial charge in [-0.05, 0) is 44.1 Å². The number of ether oxygens (including phenoxy) is 1. The molecular formula is C18H29N3O. The predicted octanol–water partition coefficient (Wildman–Crippen LogP) is 2.95. The average molecular weight is 303 g/mol. The summed E-state index contributed by atoms with van der Waals surface area (Å²) < 4.78 is 5.50. The van der Waals surface area contributed by atoms with Crippen molar-refractivity contribution in [2.45, 2.75) is 39.7 Å². The molecule has 2 N–H and O–H groups in total. The molecule has 4 nitrogen and oxygen atoms in total. The molecule has 22 heavy (non-hydrogen) atoms. The predicted molar refractivity (Wildman–Crippen MR) is 92.0 cm³/mol. The average Bonchev–Trinajstić information content (AvgIpc) is 3.32. The zero-order valence-electron chi connectivity index (χ0n) is 13.9. The monoisotopic (exact) mass is 303 g/mol. The molecule has 1 aromatic carbocycles. The van der Waals surface area contributed by atoms with Gasteiger partial charge in [0.25, 0.3) is 0 Å². The molecule has 0 spiro atoms. The molecule has 0 radical (unpaired) electrons. The molecule has 1 saturated carbocycles. The third-order valence-electron chi connectivity index (χ3n) is 4.18. The first kappa shape index (κ1) is 16.8. The Morgan fingerprint density at radius 2 is 1.95 bits per heavy atom. The summed E-state index contributed by atoms with van der Waals surface area (Å²) in [6.07, 6.45) is 3.74. The van der Waals surface area contributed by atoms with E-state index in [9.17, 15) is 0 Å². The van der Waals surface area contributed by atoms with Gasteiger partial charge in [-0.1, -0.05) is 30.3 Å². The highest BCUT2D eigenvalue weighted by atomic mass is 16.5. The molecular weight excluding hydrogens is 274 g/mol. The molecule has 0 bridgehead atoms. The van der Waals surface area contributed by atoms with Gasteiger partial charge < -0.3 is 15.4 Å². The third-order valence-corrected chi connectivity index (χ3v) is 4.18. The first-order valence-electron chi connectivity index (χ1n) is 8.42. The number of nitrogens with one attached hydrogen (secondary N) is 2. The van der Waals surface area contributed by atoms with E-state index in [-0.39, 0.29) is 0 Å². The Labute approximate surface area is 134 Å². The molecule has 0 aromatic heterocycles. The van der Waals surface area contributed by atoms with E-state index in [0.717, 1.165) is 38.7 Å². The summed E-state index contributed by atoms with van der Waals surface area (Å²) in [6, 6.07) is 10.4. The van der Waals surface area contributed by atoms with Crippen LogP contribution in [0, 0.1) is 5.41 Å². The minimum Gasteiger partial charge on any atom is -0.382 e. The molecule has 122 valence electrons. The molecule has 0 unspecified atom stereocenters. The van der Waals surface area contributed by atoms with Crippen LogP contribution in [0.25, 0.3) is 0 Å². The van der Waals surface area contributed by atoms with Crippen molar-refractivity contribution in [1.82, 2.24) is 10.6 Å². The summed E-state index contributed by atoms with van der Waals surface area (Å²) in [4.78, 5) is 4.67. The van der Waals surface area contributed by atoms with Gasteiger partial charge in [0.1, 0.15) is 0 Å². The van der Waals surface area contributed by atoms with E-state index in [4.69, 9.17) is 4.74 Å². The van der Waals surface area contributed by atoms with E-state index in [1.54, 1.807) is 0 Å². The van der Waals surface area contributed by atoms with E-state index in [1.165, 1.54) is 18.4 Å². The van der Waals surface area contributed by atoms with Gasteiger partial charge in [-0.15, -0.1) is 0 Å². The Bertz CT molecular complexity index is 455. The van der Waals surface area contributed by atoms with Gasteiger partial charge in [-0.3, -0.25) is 0 Å². The second-order valence-electron chi connectivity index (χ2n) is 5.98. The van der Waals surface area contributed by atoms with Crippen molar-refractivity contribution in [3.05, 3.63) is 35.9 Å². The molecule has 0 heterocycles. The quantitative estimate of drug-likeness (QED) is 0.419. The highest BCUT2D eigenvalue weighted by molar-refractivity contribution is 5.79. The van der Waals surface area contributed by atoms with Crippen LogP contribution in [0.5, 0.6) is 0 Å². The minimum atomic E-state index is 0.429. The van der Waals surface area contributed by atoms with Crippen LogP contribution in [0.4, 0.5) is 0 Å². The molecule has 2 rings (SSSR count). The van der Waals surface area contributed by atoms with E-state index in [0.29, 0.717) is 12.0 Å². The lowest BCUT2D eigenvalue weighted by molar-refractivity contribution is 0.128. The van der Waals surface area contributed by atoms with Gasteiger partial charge in [-0.2, -0.15) is 0 Å². The van der Waals surface area contributed by atoms with Crippen molar-refractivity contribution < 1.29 is 4.74 Å². The zero-order chi connectivity index (χ0) is 15.7. The number of hydrogen-bond donors (Lipinski definition) is 2. The molecule has 0 aliphatic heterocycles. The smallest absolute Gasteiger partial charge is 0.191 e. The van der Waals surface area contributed by atoms with Crippen LogP contribution in [-0.2, 0) is 11.3 Å². The first-order chi connectivity index (χ1) is 10.8. The van der Waals surface area contributed by atoms with Gasteiger partial charge in [0.2, 0.25) is 0 Å². The van der Waals surface area contributed by atoms with Crippen LogP contribution in [-0.4, -0.2) is 32.3 Å². The zero-order valence-corrected chi connectivity index (χ0v) is 13.9. The van der Waals surface area contributed by atoms with Crippen LogP contribution in [0.3, 0.4) is 0 Å². The van der Waals surface area contributed by atoms with Crippen molar-refractivity contribution in [2.75, 3.05) is 26.3 Å². The van der Waals surface area contributed by atoms with E-state index in [1.807, 2.05) is 6.07 Å². The second kappa shape index (κ2) is 8.79. The fraction of sp³-hybridized carbons (Fsp3) is 0.611. The van der Waals surface area contributed by atoms with Crippen molar-refractivity contribution in [2.24, 2.45) is 10.4 Å². The number of guanidine groups is 1. The molecule has 0 saturated heterocycles. The van der Waals surface area contributed by atoms with Crippen LogP contribution in [0.15, 0.2) is 35.3 Å². The number of nitrogens with zero attached hydrogens (tertiary/aromatic N) is 1.